The van der Waals surface area contributed by atoms with Gasteiger partial charge in [-0.15, -0.1) is 11.8 Å². The maximum atomic E-state index is 13.0. The molecule has 0 aliphatic carbocycles. The quantitative estimate of drug-likeness (QED) is 0.439. The maximum Gasteiger partial charge on any atom is 0.237 e. The summed E-state index contributed by atoms with van der Waals surface area (Å²) >= 11 is 1.36. The molecule has 1 amide bonds. The number of amides is 1. The van der Waals surface area contributed by atoms with Crippen molar-refractivity contribution in [1.29, 1.82) is 0 Å². The van der Waals surface area contributed by atoms with Crippen molar-refractivity contribution in [3.05, 3.63) is 54.3 Å². The smallest absolute Gasteiger partial charge is 0.237 e. The van der Waals surface area contributed by atoms with Gasteiger partial charge in [0.15, 0.2) is 0 Å². The minimum Gasteiger partial charge on any atom is -0.382 e. The molecule has 1 aromatic heterocycles. The van der Waals surface area contributed by atoms with Crippen molar-refractivity contribution in [2.45, 2.75) is 24.8 Å². The number of fused-ring (bicyclic) bond motifs is 1. The van der Waals surface area contributed by atoms with Gasteiger partial charge in [-0.3, -0.25) is 10.1 Å². The van der Waals surface area contributed by atoms with Crippen LogP contribution < -0.4 is 5.32 Å². The van der Waals surface area contributed by atoms with E-state index in [1.165, 1.54) is 23.9 Å². The molecule has 142 valence electrons. The highest BCUT2D eigenvalue weighted by atomic mass is 32.2. The van der Waals surface area contributed by atoms with Gasteiger partial charge in [-0.05, 0) is 49.7 Å². The monoisotopic (exact) mass is 387 g/mol. The molecular formula is C20H22FN3O2S. The van der Waals surface area contributed by atoms with E-state index in [0.29, 0.717) is 25.7 Å². The van der Waals surface area contributed by atoms with Crippen molar-refractivity contribution in [3.8, 4) is 0 Å². The van der Waals surface area contributed by atoms with E-state index in [-0.39, 0.29) is 17.5 Å². The Hall–Kier alpha value is -2.38. The molecular weight excluding hydrogens is 365 g/mol. The van der Waals surface area contributed by atoms with Gasteiger partial charge in [0.25, 0.3) is 0 Å². The van der Waals surface area contributed by atoms with Crippen molar-refractivity contribution in [1.82, 2.24) is 9.55 Å². The molecule has 0 radical (unpaired) electrons. The van der Waals surface area contributed by atoms with Crippen LogP contribution in [-0.2, 0) is 16.1 Å². The van der Waals surface area contributed by atoms with E-state index in [1.54, 1.807) is 12.1 Å². The number of hydrogen-bond acceptors (Lipinski definition) is 4. The first kappa shape index (κ1) is 19.4. The van der Waals surface area contributed by atoms with Crippen LogP contribution in [-0.4, -0.2) is 34.4 Å². The molecule has 7 heteroatoms. The molecule has 1 N–H and O–H groups in total. The fourth-order valence-electron chi connectivity index (χ4n) is 2.71. The number of halogens is 1. The molecule has 0 saturated heterocycles. The van der Waals surface area contributed by atoms with Gasteiger partial charge < -0.3 is 9.30 Å². The molecule has 5 nitrogen and oxygen atoms in total. The largest absolute Gasteiger partial charge is 0.382 e. The summed E-state index contributed by atoms with van der Waals surface area (Å²) in [6.45, 7) is 4.03. The molecule has 0 aliphatic rings. The zero-order valence-electron chi connectivity index (χ0n) is 15.2. The number of nitrogens with one attached hydrogen (secondary N) is 1. The summed E-state index contributed by atoms with van der Waals surface area (Å²) in [4.78, 5) is 17.8. The second-order valence-electron chi connectivity index (χ2n) is 5.92. The van der Waals surface area contributed by atoms with Gasteiger partial charge in [-0.25, -0.2) is 9.37 Å². The van der Waals surface area contributed by atoms with E-state index in [1.807, 2.05) is 35.8 Å². The summed E-state index contributed by atoms with van der Waals surface area (Å²) in [7, 11) is 0. The van der Waals surface area contributed by atoms with Crippen LogP contribution in [0, 0.1) is 5.82 Å². The van der Waals surface area contributed by atoms with E-state index < -0.39 is 0 Å². The topological polar surface area (TPSA) is 56.1 Å². The Labute approximate surface area is 161 Å². The third kappa shape index (κ3) is 5.30. The second kappa shape index (κ2) is 9.53. The van der Waals surface area contributed by atoms with Gasteiger partial charge in [0.05, 0.1) is 16.8 Å². The number of carbonyl (C=O) groups is 1. The Bertz CT molecular complexity index is 896. The Morgan fingerprint density at radius 3 is 2.78 bits per heavy atom. The molecule has 0 saturated carbocycles. The SMILES string of the molecule is CCOCCCn1c(NC(=O)CSc2ccc(F)cc2)nc2ccccc21. The zero-order valence-corrected chi connectivity index (χ0v) is 16.0. The molecule has 3 rings (SSSR count). The standard InChI is InChI=1S/C20H22FN3O2S/c1-2-26-13-5-12-24-18-7-4-3-6-17(18)22-20(24)23-19(25)14-27-16-10-8-15(21)9-11-16/h3-4,6-11H,2,5,12-14H2,1H3,(H,22,23,25). The maximum absolute atomic E-state index is 13.0. The van der Waals surface area contributed by atoms with Crippen LogP contribution in [0.15, 0.2) is 53.4 Å². The number of benzene rings is 2. The lowest BCUT2D eigenvalue weighted by molar-refractivity contribution is -0.113. The number of thioether (sulfide) groups is 1. The summed E-state index contributed by atoms with van der Waals surface area (Å²) in [5.41, 5.74) is 1.82. The fourth-order valence-corrected chi connectivity index (χ4v) is 3.41. The number of rotatable bonds is 9. The Morgan fingerprint density at radius 1 is 1.22 bits per heavy atom. The van der Waals surface area contributed by atoms with E-state index in [4.69, 9.17) is 4.74 Å². The predicted octanol–water partition coefficient (Wildman–Crippen LogP) is 4.33. The second-order valence-corrected chi connectivity index (χ2v) is 6.97. The first-order valence-electron chi connectivity index (χ1n) is 8.88. The number of anilines is 1. The molecule has 0 aliphatic heterocycles. The molecule has 0 bridgehead atoms. The van der Waals surface area contributed by atoms with Gasteiger partial charge >= 0.3 is 0 Å². The molecule has 1 heterocycles. The van der Waals surface area contributed by atoms with Crippen LogP contribution in [0.2, 0.25) is 0 Å². The van der Waals surface area contributed by atoms with Gasteiger partial charge in [-0.2, -0.15) is 0 Å². The minimum atomic E-state index is -0.287. The number of carbonyl (C=O) groups excluding carboxylic acids is 1. The van der Waals surface area contributed by atoms with Gasteiger partial charge in [0, 0.05) is 24.7 Å². The summed E-state index contributed by atoms with van der Waals surface area (Å²) in [5, 5.41) is 2.90. The third-order valence-corrected chi connectivity index (χ3v) is 4.98. The minimum absolute atomic E-state index is 0.148. The molecule has 0 atom stereocenters. The summed E-state index contributed by atoms with van der Waals surface area (Å²) in [6.07, 6.45) is 0.835. The summed E-state index contributed by atoms with van der Waals surface area (Å²) < 4.78 is 20.4. The first-order valence-corrected chi connectivity index (χ1v) is 9.87. The molecule has 3 aromatic rings. The van der Waals surface area contributed by atoms with Crippen molar-refractivity contribution in [2.24, 2.45) is 0 Å². The van der Waals surface area contributed by atoms with Crippen LogP contribution in [0.4, 0.5) is 10.3 Å². The Kier molecular flexibility index (Phi) is 6.84. The van der Waals surface area contributed by atoms with Crippen LogP contribution in [0.1, 0.15) is 13.3 Å². The highest BCUT2D eigenvalue weighted by molar-refractivity contribution is 8.00. The number of para-hydroxylation sites is 2. The lowest BCUT2D eigenvalue weighted by Crippen LogP contribution is -2.18. The number of ether oxygens (including phenoxy) is 1. The fraction of sp³-hybridized carbons (Fsp3) is 0.300. The number of hydrogen-bond donors (Lipinski definition) is 1. The van der Waals surface area contributed by atoms with Crippen molar-refractivity contribution >= 4 is 34.7 Å². The van der Waals surface area contributed by atoms with E-state index in [9.17, 15) is 9.18 Å². The highest BCUT2D eigenvalue weighted by Crippen LogP contribution is 2.22. The zero-order chi connectivity index (χ0) is 19.1. The van der Waals surface area contributed by atoms with E-state index >= 15 is 0 Å². The van der Waals surface area contributed by atoms with Crippen molar-refractivity contribution < 1.29 is 13.9 Å². The Balaban J connectivity index is 1.67. The lowest BCUT2D eigenvalue weighted by atomic mass is 10.3. The van der Waals surface area contributed by atoms with E-state index in [0.717, 1.165) is 22.3 Å². The van der Waals surface area contributed by atoms with Crippen molar-refractivity contribution in [2.75, 3.05) is 24.3 Å². The van der Waals surface area contributed by atoms with E-state index in [2.05, 4.69) is 10.3 Å². The normalized spacial score (nSPS) is 11.0. The molecule has 27 heavy (non-hydrogen) atoms. The van der Waals surface area contributed by atoms with Crippen LogP contribution >= 0.6 is 11.8 Å². The van der Waals surface area contributed by atoms with Crippen LogP contribution in [0.25, 0.3) is 11.0 Å². The third-order valence-electron chi connectivity index (χ3n) is 3.96. The highest BCUT2D eigenvalue weighted by Gasteiger charge is 2.13. The first-order chi connectivity index (χ1) is 13.2. The molecule has 0 spiro atoms. The summed E-state index contributed by atoms with van der Waals surface area (Å²) in [6, 6.07) is 13.9. The number of aryl methyl sites for hydroxylation is 1. The number of aromatic nitrogens is 2. The van der Waals surface area contributed by atoms with Crippen LogP contribution in [0.3, 0.4) is 0 Å². The average Bonchev–Trinajstić information content (AvgIpc) is 3.02. The van der Waals surface area contributed by atoms with Crippen LogP contribution in [0.5, 0.6) is 0 Å². The van der Waals surface area contributed by atoms with Gasteiger partial charge in [0.2, 0.25) is 11.9 Å². The summed E-state index contributed by atoms with van der Waals surface area (Å²) in [5.74, 6) is 0.334. The molecule has 0 unspecified atom stereocenters. The average molecular weight is 387 g/mol. The lowest BCUT2D eigenvalue weighted by Gasteiger charge is -2.10. The molecule has 2 aromatic carbocycles. The van der Waals surface area contributed by atoms with Crippen molar-refractivity contribution in [3.63, 3.8) is 0 Å². The Morgan fingerprint density at radius 2 is 2.00 bits per heavy atom. The number of nitrogens with zero attached hydrogens (tertiary/aromatic N) is 2. The number of imidazole rings is 1. The molecule has 0 fully saturated rings. The predicted molar refractivity (Wildman–Crippen MR) is 107 cm³/mol. The van der Waals surface area contributed by atoms with Gasteiger partial charge in [-0.1, -0.05) is 12.1 Å². The van der Waals surface area contributed by atoms with Gasteiger partial charge in [0.1, 0.15) is 5.82 Å².